The van der Waals surface area contributed by atoms with Crippen LogP contribution in [0.25, 0.3) is 5.32 Å². The van der Waals surface area contributed by atoms with E-state index in [0.29, 0.717) is 0 Å². The summed E-state index contributed by atoms with van der Waals surface area (Å²) in [7, 11) is 0. The number of halogens is 3. The van der Waals surface area contributed by atoms with E-state index in [4.69, 9.17) is 9.30 Å². The first-order valence-corrected chi connectivity index (χ1v) is 5.86. The molecule has 0 aliphatic heterocycles. The van der Waals surface area contributed by atoms with E-state index in [9.17, 15) is 18.0 Å². The second kappa shape index (κ2) is 15.7. The van der Waals surface area contributed by atoms with Gasteiger partial charge < -0.3 is 10.1 Å². The third kappa shape index (κ3) is 13.5. The predicted molar refractivity (Wildman–Crippen MR) is 75.0 cm³/mol. The summed E-state index contributed by atoms with van der Waals surface area (Å²) in [4.78, 5) is 10.5. The molecule has 0 aliphatic rings. The third-order valence-electron chi connectivity index (χ3n) is 2.04. The van der Waals surface area contributed by atoms with Crippen LogP contribution < -0.4 is 0 Å². The molecule has 0 bridgehead atoms. The molecule has 0 saturated carbocycles. The van der Waals surface area contributed by atoms with E-state index in [2.05, 4.69) is 18.6 Å². The molecule has 0 fully saturated rings. The zero-order valence-electron chi connectivity index (χ0n) is 12.4. The summed E-state index contributed by atoms with van der Waals surface area (Å²) in [5.74, 6) is -0.440. The normalized spacial score (nSPS) is 8.33. The van der Waals surface area contributed by atoms with Crippen molar-refractivity contribution in [3.63, 3.8) is 0 Å². The van der Waals surface area contributed by atoms with E-state index in [1.807, 2.05) is 30.3 Å². The maximum atomic E-state index is 12.1. The van der Waals surface area contributed by atoms with Gasteiger partial charge in [-0.25, -0.2) is 12.1 Å². The molecule has 24 heavy (non-hydrogen) atoms. The average molecular weight is 379 g/mol. The molecule has 8 heteroatoms. The minimum absolute atomic E-state index is 0. The smallest absolute Gasteiger partial charge is 0.214 e. The first-order chi connectivity index (χ1) is 10.9. The van der Waals surface area contributed by atoms with Crippen molar-refractivity contribution in [1.82, 2.24) is 0 Å². The van der Waals surface area contributed by atoms with Crippen LogP contribution in [-0.4, -0.2) is 5.91 Å². The Labute approximate surface area is 148 Å². The van der Waals surface area contributed by atoms with Crippen LogP contribution in [0.4, 0.5) is 18.9 Å². The number of benzene rings is 1. The van der Waals surface area contributed by atoms with Crippen LogP contribution in [0.3, 0.4) is 0 Å². The summed E-state index contributed by atoms with van der Waals surface area (Å²) in [6, 6.07) is 14.1. The minimum atomic E-state index is -4.35. The van der Waals surface area contributed by atoms with Crippen LogP contribution in [0, 0.1) is 13.3 Å². The fourth-order valence-electron chi connectivity index (χ4n) is 1.23. The molecule has 0 saturated heterocycles. The minimum Gasteiger partial charge on any atom is -0.214 e. The SMILES string of the molecule is CC(=O)[N-]c1ccc(C(F)(F)F)cc1.[C-]#[O+].[C-]#[O+].[Fe+2].c1cc[cH-]c1. The standard InChI is InChI=1S/C9H8F3NO.C5H5.2CO.Fe/c1-6(14)13-8-4-2-7(3-5-8)9(10,11)12;1-2-4-5-3-1;2*1-2;/h2-5H,1H3,(H,13,14);1-5H;;;/q;-1;;;+2/p-1. The quantitative estimate of drug-likeness (QED) is 0.406. The number of alkyl halides is 3. The molecule has 2 aromatic rings. The summed E-state index contributed by atoms with van der Waals surface area (Å²) < 4.78 is 51.3. The molecule has 128 valence electrons. The molecule has 0 heterocycles. The summed E-state index contributed by atoms with van der Waals surface area (Å²) in [5, 5.41) is 3.48. The van der Waals surface area contributed by atoms with Crippen LogP contribution in [0.15, 0.2) is 54.6 Å². The fourth-order valence-corrected chi connectivity index (χ4v) is 1.23. The first kappa shape index (κ1) is 26.7. The molecule has 0 aromatic heterocycles. The van der Waals surface area contributed by atoms with E-state index < -0.39 is 17.6 Å². The van der Waals surface area contributed by atoms with Gasteiger partial charge in [0, 0.05) is 0 Å². The molecule has 0 atom stereocenters. The van der Waals surface area contributed by atoms with Gasteiger partial charge in [-0.1, -0.05) is 24.3 Å². The second-order valence-corrected chi connectivity index (χ2v) is 3.64. The van der Waals surface area contributed by atoms with E-state index in [1.54, 1.807) is 0 Å². The zero-order chi connectivity index (χ0) is 18.3. The van der Waals surface area contributed by atoms with Crippen molar-refractivity contribution in [3.8, 4) is 0 Å². The number of hydrogen-bond acceptors (Lipinski definition) is 1. The Bertz CT molecular complexity index is 553. The number of hydrogen-bond donors (Lipinski definition) is 0. The number of carbonyl (C=O) groups is 1. The van der Waals surface area contributed by atoms with Crippen LogP contribution in [0.1, 0.15) is 12.5 Å². The molecule has 0 N–H and O–H groups in total. The van der Waals surface area contributed by atoms with Crippen molar-refractivity contribution >= 4 is 11.6 Å². The van der Waals surface area contributed by atoms with Crippen molar-refractivity contribution in [2.45, 2.75) is 13.1 Å². The van der Waals surface area contributed by atoms with Crippen molar-refractivity contribution in [1.29, 1.82) is 0 Å². The average Bonchev–Trinajstić information content (AvgIpc) is 3.10. The summed E-state index contributed by atoms with van der Waals surface area (Å²) in [6.07, 6.45) is -4.35. The van der Waals surface area contributed by atoms with Crippen molar-refractivity contribution in [2.75, 3.05) is 0 Å². The van der Waals surface area contributed by atoms with Gasteiger partial charge in [0.05, 0.1) is 11.5 Å². The second-order valence-electron chi connectivity index (χ2n) is 3.64. The van der Waals surface area contributed by atoms with Gasteiger partial charge in [0.1, 0.15) is 0 Å². The monoisotopic (exact) mass is 379 g/mol. The Morgan fingerprint density at radius 3 is 1.71 bits per heavy atom. The fraction of sp³-hybridized carbons (Fsp3) is 0.125. The predicted octanol–water partition coefficient (Wildman–Crippen LogP) is 4.59. The van der Waals surface area contributed by atoms with E-state index in [0.717, 1.165) is 24.3 Å². The Kier molecular flexibility index (Phi) is 17.5. The molecule has 2 rings (SSSR count). The molecule has 0 spiro atoms. The van der Waals surface area contributed by atoms with E-state index in [-0.39, 0.29) is 22.8 Å². The summed E-state index contributed by atoms with van der Waals surface area (Å²) in [5.41, 5.74) is -0.523. The molecule has 0 unspecified atom stereocenters. The number of amides is 1. The van der Waals surface area contributed by atoms with Crippen molar-refractivity contribution in [2.24, 2.45) is 0 Å². The maximum absolute atomic E-state index is 12.1. The molecule has 0 aliphatic carbocycles. The first-order valence-electron chi connectivity index (χ1n) is 5.86. The van der Waals surface area contributed by atoms with Crippen LogP contribution >= 0.6 is 0 Å². The Morgan fingerprint density at radius 1 is 1.04 bits per heavy atom. The molecule has 2 aromatic carbocycles. The molecular formula is C16H12F3FeNO3. The van der Waals surface area contributed by atoms with Crippen LogP contribution in [0.5, 0.6) is 0 Å². The van der Waals surface area contributed by atoms with Gasteiger partial charge in [0.15, 0.2) is 0 Å². The Hall–Kier alpha value is -2.17. The Balaban J connectivity index is -0.000000368. The third-order valence-corrected chi connectivity index (χ3v) is 2.04. The van der Waals surface area contributed by atoms with Gasteiger partial charge in [-0.15, -0.1) is 5.69 Å². The van der Waals surface area contributed by atoms with Crippen LogP contribution in [0.2, 0.25) is 0 Å². The van der Waals surface area contributed by atoms with Gasteiger partial charge in [-0.05, 0) is 6.92 Å². The number of carbonyl (C=O) groups excluding carboxylic acids is 1. The van der Waals surface area contributed by atoms with Gasteiger partial charge in [-0.3, -0.25) is 0 Å². The summed E-state index contributed by atoms with van der Waals surface area (Å²) >= 11 is 0. The van der Waals surface area contributed by atoms with Gasteiger partial charge >= 0.3 is 45.9 Å². The molecule has 4 nitrogen and oxygen atoms in total. The van der Waals surface area contributed by atoms with Gasteiger partial charge in [0.2, 0.25) is 0 Å². The number of rotatable bonds is 1. The van der Waals surface area contributed by atoms with E-state index >= 15 is 0 Å². The van der Waals surface area contributed by atoms with E-state index in [1.165, 1.54) is 6.92 Å². The molecular weight excluding hydrogens is 367 g/mol. The zero-order valence-corrected chi connectivity index (χ0v) is 13.5. The molecule has 1 amide bonds. The van der Waals surface area contributed by atoms with Crippen molar-refractivity contribution < 1.29 is 44.3 Å². The van der Waals surface area contributed by atoms with Gasteiger partial charge in [0.25, 0.3) is 0 Å². The topological polar surface area (TPSA) is 71.0 Å². The van der Waals surface area contributed by atoms with Crippen LogP contribution in [-0.2, 0) is 37.3 Å². The van der Waals surface area contributed by atoms with Crippen molar-refractivity contribution in [3.05, 3.63) is 78.8 Å². The maximum Gasteiger partial charge on any atom is 2.00 e. The molecule has 0 radical (unpaired) electrons. The largest absolute Gasteiger partial charge is 2.00 e. The summed E-state index contributed by atoms with van der Waals surface area (Å²) in [6.45, 7) is 10.2. The number of nitrogens with zero attached hydrogens (tertiary/aromatic N) is 1. The van der Waals surface area contributed by atoms with Gasteiger partial charge in [-0.2, -0.15) is 31.4 Å². The Morgan fingerprint density at radius 2 is 1.46 bits per heavy atom.